The molecule has 2 unspecified atom stereocenters. The SMILES string of the molecule is CCc1cc(C(F)(F)F)cc(C)c1C(=O)NC(Cc1ccc(N2CC(CNc3cc(C)ccn3)CC2=O)cc1)C(=O)O. The summed E-state index contributed by atoms with van der Waals surface area (Å²) >= 11 is 0. The van der Waals surface area contributed by atoms with E-state index in [9.17, 15) is 32.7 Å². The Labute approximate surface area is 242 Å². The number of benzene rings is 2. The Morgan fingerprint density at radius 2 is 1.83 bits per heavy atom. The van der Waals surface area contributed by atoms with Crippen LogP contribution >= 0.6 is 0 Å². The summed E-state index contributed by atoms with van der Waals surface area (Å²) < 4.78 is 39.7. The molecule has 1 fully saturated rings. The number of nitrogens with one attached hydrogen (secondary N) is 2. The number of alkyl halides is 3. The molecule has 0 aliphatic carbocycles. The van der Waals surface area contributed by atoms with E-state index in [4.69, 9.17) is 0 Å². The fraction of sp³-hybridized carbons (Fsp3) is 0.355. The summed E-state index contributed by atoms with van der Waals surface area (Å²) in [6, 6.07) is 11.2. The minimum Gasteiger partial charge on any atom is -0.480 e. The minimum absolute atomic E-state index is 0.0129. The number of rotatable bonds is 10. The molecule has 1 aliphatic rings. The number of amides is 2. The van der Waals surface area contributed by atoms with Gasteiger partial charge in [0.1, 0.15) is 11.9 Å². The highest BCUT2D eigenvalue weighted by Crippen LogP contribution is 2.32. The third-order valence-electron chi connectivity index (χ3n) is 7.34. The predicted molar refractivity (Wildman–Crippen MR) is 153 cm³/mol. The van der Waals surface area contributed by atoms with Gasteiger partial charge in [-0.2, -0.15) is 13.2 Å². The van der Waals surface area contributed by atoms with Gasteiger partial charge in [-0.1, -0.05) is 19.1 Å². The van der Waals surface area contributed by atoms with E-state index in [1.165, 1.54) is 6.92 Å². The Bertz CT molecular complexity index is 1470. The van der Waals surface area contributed by atoms with Crippen LogP contribution in [0, 0.1) is 19.8 Å². The van der Waals surface area contributed by atoms with Crippen molar-refractivity contribution in [3.05, 3.63) is 88.1 Å². The van der Waals surface area contributed by atoms with Crippen LogP contribution in [0.1, 0.15) is 51.5 Å². The standard InChI is InChI=1S/C31H33F3N4O4/c1-4-22-15-23(31(32,33)34)12-19(3)28(22)29(40)37-25(30(41)42)13-20-5-7-24(8-6-20)38-17-21(14-27(38)39)16-36-26-11-18(2)9-10-35-26/h5-12,15,21,25H,4,13-14,16-17H2,1-3H3,(H,35,36)(H,37,40)(H,41,42). The van der Waals surface area contributed by atoms with Gasteiger partial charge in [-0.3, -0.25) is 9.59 Å². The molecular weight excluding hydrogens is 549 g/mol. The van der Waals surface area contributed by atoms with Crippen LogP contribution in [0.5, 0.6) is 0 Å². The third kappa shape index (κ3) is 7.26. The van der Waals surface area contributed by atoms with Gasteiger partial charge < -0.3 is 20.6 Å². The van der Waals surface area contributed by atoms with Gasteiger partial charge in [0.05, 0.1) is 5.56 Å². The second kappa shape index (κ2) is 12.6. The maximum atomic E-state index is 13.2. The molecule has 0 saturated carbocycles. The number of carbonyl (C=O) groups is 3. The highest BCUT2D eigenvalue weighted by molar-refractivity contribution is 5.99. The van der Waals surface area contributed by atoms with Gasteiger partial charge in [-0.15, -0.1) is 0 Å². The second-order valence-electron chi connectivity index (χ2n) is 10.6. The van der Waals surface area contributed by atoms with Crippen LogP contribution < -0.4 is 15.5 Å². The average Bonchev–Trinajstić information content (AvgIpc) is 3.31. The Balaban J connectivity index is 1.40. The zero-order valence-corrected chi connectivity index (χ0v) is 23.6. The van der Waals surface area contributed by atoms with Crippen LogP contribution in [-0.2, 0) is 28.6 Å². The lowest BCUT2D eigenvalue weighted by Gasteiger charge is -2.20. The summed E-state index contributed by atoms with van der Waals surface area (Å²) in [5, 5.41) is 15.5. The summed E-state index contributed by atoms with van der Waals surface area (Å²) in [6.45, 7) is 6.13. The van der Waals surface area contributed by atoms with E-state index in [0.29, 0.717) is 30.8 Å². The number of anilines is 2. The molecule has 8 nitrogen and oxygen atoms in total. The maximum absolute atomic E-state index is 13.2. The molecule has 222 valence electrons. The molecule has 0 spiro atoms. The fourth-order valence-corrected chi connectivity index (χ4v) is 5.16. The smallest absolute Gasteiger partial charge is 0.416 e. The predicted octanol–water partition coefficient (Wildman–Crippen LogP) is 5.17. The molecule has 2 heterocycles. The summed E-state index contributed by atoms with van der Waals surface area (Å²) in [7, 11) is 0. The normalized spacial score (nSPS) is 15.9. The molecule has 2 amide bonds. The summed E-state index contributed by atoms with van der Waals surface area (Å²) in [6.07, 6.45) is -2.33. The number of carbonyl (C=O) groups excluding carboxylic acids is 2. The van der Waals surface area contributed by atoms with Crippen LogP contribution in [0.2, 0.25) is 0 Å². The molecule has 1 saturated heterocycles. The van der Waals surface area contributed by atoms with E-state index < -0.39 is 29.7 Å². The number of carboxylic acid groups (broad SMARTS) is 1. The second-order valence-corrected chi connectivity index (χ2v) is 10.6. The van der Waals surface area contributed by atoms with E-state index in [2.05, 4.69) is 15.6 Å². The molecule has 42 heavy (non-hydrogen) atoms. The van der Waals surface area contributed by atoms with Gasteiger partial charge in [0.25, 0.3) is 5.91 Å². The van der Waals surface area contributed by atoms with E-state index in [-0.39, 0.29) is 41.4 Å². The average molecular weight is 583 g/mol. The largest absolute Gasteiger partial charge is 0.480 e. The van der Waals surface area contributed by atoms with Crippen molar-refractivity contribution in [2.45, 2.75) is 52.3 Å². The molecule has 11 heteroatoms. The van der Waals surface area contributed by atoms with Gasteiger partial charge in [-0.25, -0.2) is 9.78 Å². The first-order valence-electron chi connectivity index (χ1n) is 13.7. The molecule has 2 atom stereocenters. The Morgan fingerprint density at radius 1 is 1.12 bits per heavy atom. The van der Waals surface area contributed by atoms with Crippen LogP contribution in [0.15, 0.2) is 54.7 Å². The van der Waals surface area contributed by atoms with E-state index >= 15 is 0 Å². The number of aryl methyl sites for hydroxylation is 3. The molecule has 1 aliphatic heterocycles. The number of aliphatic carboxylic acids is 1. The lowest BCUT2D eigenvalue weighted by molar-refractivity contribution is -0.139. The van der Waals surface area contributed by atoms with Gasteiger partial charge in [0.2, 0.25) is 5.91 Å². The number of carboxylic acids is 1. The van der Waals surface area contributed by atoms with Crippen molar-refractivity contribution >= 4 is 29.3 Å². The third-order valence-corrected chi connectivity index (χ3v) is 7.34. The lowest BCUT2D eigenvalue weighted by Crippen LogP contribution is -2.43. The van der Waals surface area contributed by atoms with Crippen molar-refractivity contribution in [1.82, 2.24) is 10.3 Å². The molecule has 0 radical (unpaired) electrons. The van der Waals surface area contributed by atoms with Crippen molar-refractivity contribution in [1.29, 1.82) is 0 Å². The fourth-order valence-electron chi connectivity index (χ4n) is 5.16. The van der Waals surface area contributed by atoms with E-state index in [1.54, 1.807) is 42.3 Å². The van der Waals surface area contributed by atoms with Crippen molar-refractivity contribution in [3.63, 3.8) is 0 Å². The van der Waals surface area contributed by atoms with Crippen molar-refractivity contribution in [3.8, 4) is 0 Å². The van der Waals surface area contributed by atoms with Crippen molar-refractivity contribution in [2.75, 3.05) is 23.3 Å². The van der Waals surface area contributed by atoms with Crippen LogP contribution in [0.4, 0.5) is 24.7 Å². The number of halogens is 3. The van der Waals surface area contributed by atoms with E-state index in [1.807, 2.05) is 19.1 Å². The van der Waals surface area contributed by atoms with Crippen molar-refractivity contribution < 1.29 is 32.7 Å². The molecule has 2 aromatic carbocycles. The van der Waals surface area contributed by atoms with Gasteiger partial charge >= 0.3 is 12.1 Å². The first-order chi connectivity index (χ1) is 19.8. The Hall–Kier alpha value is -4.41. The molecular formula is C31H33F3N4O4. The first-order valence-corrected chi connectivity index (χ1v) is 13.7. The monoisotopic (exact) mass is 582 g/mol. The van der Waals surface area contributed by atoms with Gasteiger partial charge in [0.15, 0.2) is 0 Å². The Morgan fingerprint density at radius 3 is 2.45 bits per heavy atom. The van der Waals surface area contributed by atoms with Crippen LogP contribution in [-0.4, -0.2) is 47.0 Å². The number of hydrogen-bond acceptors (Lipinski definition) is 5. The molecule has 3 N–H and O–H groups in total. The van der Waals surface area contributed by atoms with E-state index in [0.717, 1.165) is 23.5 Å². The first kappa shape index (κ1) is 30.5. The highest BCUT2D eigenvalue weighted by Gasteiger charge is 2.33. The molecule has 0 bridgehead atoms. The summed E-state index contributed by atoms with van der Waals surface area (Å²) in [5.41, 5.74) is 1.87. The Kier molecular flexibility index (Phi) is 9.18. The van der Waals surface area contributed by atoms with Crippen LogP contribution in [0.25, 0.3) is 0 Å². The molecule has 4 rings (SSSR count). The number of aromatic nitrogens is 1. The van der Waals surface area contributed by atoms with Crippen molar-refractivity contribution in [2.24, 2.45) is 5.92 Å². The molecule has 1 aromatic heterocycles. The summed E-state index contributed by atoms with van der Waals surface area (Å²) in [5.74, 6) is -1.19. The summed E-state index contributed by atoms with van der Waals surface area (Å²) in [4.78, 5) is 43.7. The van der Waals surface area contributed by atoms with Gasteiger partial charge in [0, 0.05) is 49.3 Å². The van der Waals surface area contributed by atoms with Crippen LogP contribution in [0.3, 0.4) is 0 Å². The highest BCUT2D eigenvalue weighted by atomic mass is 19.4. The number of nitrogens with zero attached hydrogens (tertiary/aromatic N) is 2. The maximum Gasteiger partial charge on any atom is 0.416 e. The zero-order valence-electron chi connectivity index (χ0n) is 23.6. The van der Waals surface area contributed by atoms with Gasteiger partial charge in [-0.05, 0) is 78.9 Å². The topological polar surface area (TPSA) is 112 Å². The quantitative estimate of drug-likeness (QED) is 0.304. The number of hydrogen-bond donors (Lipinski definition) is 3. The minimum atomic E-state index is -4.56. The molecule has 3 aromatic rings. The number of pyridine rings is 1. The lowest BCUT2D eigenvalue weighted by atomic mass is 9.95. The zero-order chi connectivity index (χ0) is 30.6.